The molecule has 0 radical (unpaired) electrons. The van der Waals surface area contributed by atoms with Gasteiger partial charge in [-0.1, -0.05) is 0 Å². The van der Waals surface area contributed by atoms with E-state index in [9.17, 15) is 13.2 Å². The summed E-state index contributed by atoms with van der Waals surface area (Å²) in [6, 6.07) is 0.408. The van der Waals surface area contributed by atoms with Gasteiger partial charge in [0.2, 0.25) is 0 Å². The minimum Gasteiger partial charge on any atom is -0.383 e. The van der Waals surface area contributed by atoms with Crippen LogP contribution >= 0.6 is 35.3 Å². The largest absolute Gasteiger partial charge is 0.434 e. The monoisotopic (exact) mass is 521 g/mol. The fourth-order valence-electron chi connectivity index (χ4n) is 2.85. The maximum atomic E-state index is 12.6. The van der Waals surface area contributed by atoms with Gasteiger partial charge in [-0.3, -0.25) is 4.90 Å². The number of methoxy groups -OCH3 is 1. The lowest BCUT2D eigenvalue weighted by atomic mass is 10.2. The number of aliphatic imine (C=N–C) groups is 1. The lowest BCUT2D eigenvalue weighted by Crippen LogP contribution is -2.45. The van der Waals surface area contributed by atoms with Crippen molar-refractivity contribution in [2.24, 2.45) is 4.99 Å². The van der Waals surface area contributed by atoms with E-state index in [2.05, 4.69) is 25.5 Å². The van der Waals surface area contributed by atoms with Crippen LogP contribution in [0.4, 0.5) is 13.2 Å². The van der Waals surface area contributed by atoms with Gasteiger partial charge in [0.25, 0.3) is 0 Å². The summed E-state index contributed by atoms with van der Waals surface area (Å²) in [4.78, 5) is 10.4. The number of aromatic nitrogens is 1. The molecule has 0 bridgehead atoms. The zero-order valence-electron chi connectivity index (χ0n) is 15.5. The van der Waals surface area contributed by atoms with Crippen molar-refractivity contribution in [3.63, 3.8) is 0 Å². The molecule has 2 N–H and O–H groups in total. The van der Waals surface area contributed by atoms with E-state index in [4.69, 9.17) is 4.74 Å². The van der Waals surface area contributed by atoms with Crippen LogP contribution in [0.1, 0.15) is 30.5 Å². The highest BCUT2D eigenvalue weighted by Gasteiger charge is 2.33. The van der Waals surface area contributed by atoms with Gasteiger partial charge in [-0.15, -0.1) is 35.3 Å². The summed E-state index contributed by atoms with van der Waals surface area (Å²) in [7, 11) is 1.70. The average Bonchev–Trinajstić information content (AvgIpc) is 3.24. The molecule has 2 heterocycles. The number of rotatable bonds is 8. The first kappa shape index (κ1) is 24.4. The number of halogens is 4. The minimum atomic E-state index is -4.41. The van der Waals surface area contributed by atoms with Gasteiger partial charge in [-0.2, -0.15) is 13.2 Å². The van der Waals surface area contributed by atoms with Crippen molar-refractivity contribution >= 4 is 41.3 Å². The zero-order chi connectivity index (χ0) is 19.0. The Morgan fingerprint density at radius 3 is 2.85 bits per heavy atom. The van der Waals surface area contributed by atoms with Gasteiger partial charge >= 0.3 is 6.18 Å². The van der Waals surface area contributed by atoms with E-state index in [1.165, 1.54) is 0 Å². The van der Waals surface area contributed by atoms with Crippen LogP contribution in [-0.2, 0) is 17.5 Å². The van der Waals surface area contributed by atoms with Crippen LogP contribution in [0.25, 0.3) is 0 Å². The Morgan fingerprint density at radius 1 is 1.44 bits per heavy atom. The van der Waals surface area contributed by atoms with Crippen molar-refractivity contribution in [3.8, 4) is 0 Å². The molecular formula is C16H27F3IN5OS. The summed E-state index contributed by atoms with van der Waals surface area (Å²) < 4.78 is 43.0. The van der Waals surface area contributed by atoms with Gasteiger partial charge in [-0.25, -0.2) is 9.98 Å². The third kappa shape index (κ3) is 8.08. The van der Waals surface area contributed by atoms with Crippen molar-refractivity contribution in [1.29, 1.82) is 0 Å². The van der Waals surface area contributed by atoms with E-state index in [1.54, 1.807) is 7.11 Å². The Morgan fingerprint density at radius 2 is 2.22 bits per heavy atom. The molecular weight excluding hydrogens is 494 g/mol. The molecule has 0 saturated carbocycles. The minimum absolute atomic E-state index is 0. The molecule has 1 unspecified atom stereocenters. The summed E-state index contributed by atoms with van der Waals surface area (Å²) in [5, 5.41) is 7.78. The van der Waals surface area contributed by atoms with Crippen LogP contribution in [0, 0.1) is 0 Å². The van der Waals surface area contributed by atoms with Gasteiger partial charge in [0.1, 0.15) is 5.01 Å². The Hall–Kier alpha value is -0.660. The molecule has 1 saturated heterocycles. The predicted octanol–water partition coefficient (Wildman–Crippen LogP) is 2.95. The third-order valence-electron chi connectivity index (χ3n) is 4.15. The van der Waals surface area contributed by atoms with Crippen LogP contribution in [0.5, 0.6) is 0 Å². The predicted molar refractivity (Wildman–Crippen MR) is 112 cm³/mol. The molecule has 0 spiro atoms. The normalized spacial score (nSPS) is 18.4. The lowest BCUT2D eigenvalue weighted by molar-refractivity contribution is -0.140. The molecule has 1 atom stereocenters. The number of likely N-dealkylation sites (tertiary alicyclic amines) is 1. The first-order valence-electron chi connectivity index (χ1n) is 8.70. The molecule has 27 heavy (non-hydrogen) atoms. The second-order valence-electron chi connectivity index (χ2n) is 6.03. The molecule has 11 heteroatoms. The molecule has 1 aromatic rings. The van der Waals surface area contributed by atoms with Crippen molar-refractivity contribution in [2.75, 3.05) is 39.9 Å². The molecule has 1 aromatic heterocycles. The van der Waals surface area contributed by atoms with Crippen LogP contribution in [0.2, 0.25) is 0 Å². The second kappa shape index (κ2) is 12.0. The fourth-order valence-corrected chi connectivity index (χ4v) is 3.57. The Balaban J connectivity index is 0.00000364. The van der Waals surface area contributed by atoms with Gasteiger partial charge in [0, 0.05) is 38.2 Å². The Kier molecular flexibility index (Phi) is 10.9. The molecule has 156 valence electrons. The zero-order valence-corrected chi connectivity index (χ0v) is 18.7. The van der Waals surface area contributed by atoms with Crippen molar-refractivity contribution in [3.05, 3.63) is 16.1 Å². The Bertz CT molecular complexity index is 585. The summed E-state index contributed by atoms with van der Waals surface area (Å²) in [5.41, 5.74) is -0.856. The molecule has 1 fully saturated rings. The maximum Gasteiger partial charge on any atom is 0.434 e. The standard InChI is InChI=1S/C16H26F3N5OS.HI/c1-3-20-15(21-9-12-5-4-6-24(12)7-8-25-2)22-10-14-23-13(11-26-14)16(17,18)19;/h11-12H,3-10H2,1-2H3,(H2,20,21,22);1H. The number of thiazole rings is 1. The summed E-state index contributed by atoms with van der Waals surface area (Å²) in [6.07, 6.45) is -2.14. The SMILES string of the molecule is CCNC(=NCc1nc(C(F)(F)F)cs1)NCC1CCCN1CCOC.I. The van der Waals surface area contributed by atoms with E-state index >= 15 is 0 Å². The first-order chi connectivity index (χ1) is 12.4. The van der Waals surface area contributed by atoms with Crippen LogP contribution in [0.3, 0.4) is 0 Å². The van der Waals surface area contributed by atoms with Crippen LogP contribution < -0.4 is 10.6 Å². The quantitative estimate of drug-likeness (QED) is 0.313. The van der Waals surface area contributed by atoms with E-state index in [-0.39, 0.29) is 30.5 Å². The number of hydrogen-bond acceptors (Lipinski definition) is 5. The molecule has 1 aliphatic rings. The average molecular weight is 521 g/mol. The lowest BCUT2D eigenvalue weighted by Gasteiger charge is -2.25. The fraction of sp³-hybridized carbons (Fsp3) is 0.750. The number of nitrogens with zero attached hydrogens (tertiary/aromatic N) is 3. The summed E-state index contributed by atoms with van der Waals surface area (Å²) >= 11 is 0.973. The first-order valence-corrected chi connectivity index (χ1v) is 9.58. The van der Waals surface area contributed by atoms with Crippen LogP contribution in [-0.4, -0.2) is 61.8 Å². The molecule has 0 aromatic carbocycles. The van der Waals surface area contributed by atoms with E-state index in [0.29, 0.717) is 30.2 Å². The van der Waals surface area contributed by atoms with E-state index in [1.807, 2.05) is 6.92 Å². The molecule has 0 amide bonds. The van der Waals surface area contributed by atoms with Gasteiger partial charge in [0.15, 0.2) is 11.7 Å². The molecule has 1 aliphatic heterocycles. The van der Waals surface area contributed by atoms with Crippen LogP contribution in [0.15, 0.2) is 10.4 Å². The van der Waals surface area contributed by atoms with Gasteiger partial charge < -0.3 is 15.4 Å². The van der Waals surface area contributed by atoms with E-state index < -0.39 is 11.9 Å². The highest BCUT2D eigenvalue weighted by molar-refractivity contribution is 14.0. The topological polar surface area (TPSA) is 61.8 Å². The third-order valence-corrected chi connectivity index (χ3v) is 4.98. The van der Waals surface area contributed by atoms with Crippen molar-refractivity contribution < 1.29 is 17.9 Å². The second-order valence-corrected chi connectivity index (χ2v) is 6.97. The highest BCUT2D eigenvalue weighted by atomic mass is 127. The molecule has 6 nitrogen and oxygen atoms in total. The molecule has 2 rings (SSSR count). The highest BCUT2D eigenvalue weighted by Crippen LogP contribution is 2.30. The van der Waals surface area contributed by atoms with Crippen molar-refractivity contribution in [2.45, 2.75) is 38.5 Å². The number of alkyl halides is 3. The number of hydrogen-bond donors (Lipinski definition) is 2. The Labute approximate surface area is 179 Å². The number of ether oxygens (including phenoxy) is 1. The van der Waals surface area contributed by atoms with E-state index in [0.717, 1.165) is 49.2 Å². The smallest absolute Gasteiger partial charge is 0.383 e. The van der Waals surface area contributed by atoms with Gasteiger partial charge in [0.05, 0.1) is 13.2 Å². The molecule has 0 aliphatic carbocycles. The maximum absolute atomic E-state index is 12.6. The summed E-state index contributed by atoms with van der Waals surface area (Å²) in [5.74, 6) is 0.592. The van der Waals surface area contributed by atoms with Gasteiger partial charge in [-0.05, 0) is 26.3 Å². The number of nitrogens with one attached hydrogen (secondary N) is 2. The summed E-state index contributed by atoms with van der Waals surface area (Å²) in [6.45, 7) is 6.14. The van der Waals surface area contributed by atoms with Crippen molar-refractivity contribution in [1.82, 2.24) is 20.5 Å². The number of guanidine groups is 1.